The lowest BCUT2D eigenvalue weighted by molar-refractivity contribution is 0.181. The molecule has 1 unspecified atom stereocenters. The van der Waals surface area contributed by atoms with Crippen molar-refractivity contribution in [2.24, 2.45) is 5.73 Å². The van der Waals surface area contributed by atoms with Crippen molar-refractivity contribution in [3.05, 3.63) is 29.3 Å². The Kier molecular flexibility index (Phi) is 2.93. The van der Waals surface area contributed by atoms with Gasteiger partial charge in [-0.05, 0) is 23.6 Å². The molecule has 1 heterocycles. The lowest BCUT2D eigenvalue weighted by Gasteiger charge is -2.15. The van der Waals surface area contributed by atoms with E-state index in [9.17, 15) is 0 Å². The van der Waals surface area contributed by atoms with Gasteiger partial charge in [0.15, 0.2) is 0 Å². The lowest BCUT2D eigenvalue weighted by atomic mass is 10.0. The van der Waals surface area contributed by atoms with Gasteiger partial charge in [-0.15, -0.1) is 0 Å². The Labute approximate surface area is 90.8 Å². The molecular weight excluding hydrogens is 188 g/mol. The van der Waals surface area contributed by atoms with Crippen molar-refractivity contribution in [2.75, 3.05) is 32.2 Å². The van der Waals surface area contributed by atoms with Crippen molar-refractivity contribution in [3.8, 4) is 0 Å². The van der Waals surface area contributed by atoms with Gasteiger partial charge in [0.05, 0.1) is 12.6 Å². The molecule has 0 amide bonds. The van der Waals surface area contributed by atoms with Gasteiger partial charge in [-0.1, -0.05) is 12.1 Å². The third kappa shape index (κ3) is 1.98. The Morgan fingerprint density at radius 3 is 3.07 bits per heavy atom. The van der Waals surface area contributed by atoms with Gasteiger partial charge < -0.3 is 15.4 Å². The van der Waals surface area contributed by atoms with E-state index in [1.807, 2.05) is 0 Å². The highest BCUT2D eigenvalue weighted by molar-refractivity contribution is 5.58. The van der Waals surface area contributed by atoms with Crippen LogP contribution < -0.4 is 10.6 Å². The molecule has 1 aromatic carbocycles. The van der Waals surface area contributed by atoms with Crippen molar-refractivity contribution >= 4 is 5.69 Å². The number of nitrogens with two attached hydrogens (primary N) is 1. The second-order valence-corrected chi connectivity index (χ2v) is 4.12. The first-order valence-corrected chi connectivity index (χ1v) is 5.31. The second kappa shape index (κ2) is 4.21. The van der Waals surface area contributed by atoms with Gasteiger partial charge in [0.2, 0.25) is 0 Å². The minimum atomic E-state index is -0.00814. The Bertz CT molecular complexity index is 351. The third-order valence-corrected chi connectivity index (χ3v) is 3.01. The molecule has 3 heteroatoms. The molecule has 15 heavy (non-hydrogen) atoms. The fourth-order valence-corrected chi connectivity index (χ4v) is 2.09. The molecule has 2 rings (SSSR count). The van der Waals surface area contributed by atoms with Gasteiger partial charge in [-0.2, -0.15) is 0 Å². The molecule has 82 valence electrons. The minimum absolute atomic E-state index is 0.00814. The zero-order valence-corrected chi connectivity index (χ0v) is 9.36. The molecule has 1 atom stereocenters. The van der Waals surface area contributed by atoms with E-state index in [1.165, 1.54) is 16.8 Å². The molecule has 0 saturated heterocycles. The van der Waals surface area contributed by atoms with E-state index in [2.05, 4.69) is 30.1 Å². The van der Waals surface area contributed by atoms with E-state index >= 15 is 0 Å². The van der Waals surface area contributed by atoms with Crippen molar-refractivity contribution in [3.63, 3.8) is 0 Å². The summed E-state index contributed by atoms with van der Waals surface area (Å²) < 4.78 is 5.06. The second-order valence-electron chi connectivity index (χ2n) is 4.12. The maximum atomic E-state index is 6.00. The molecule has 2 N–H and O–H groups in total. The van der Waals surface area contributed by atoms with Crippen LogP contribution >= 0.6 is 0 Å². The van der Waals surface area contributed by atoms with Gasteiger partial charge in [-0.3, -0.25) is 0 Å². The summed E-state index contributed by atoms with van der Waals surface area (Å²) in [5, 5.41) is 0. The molecule has 0 spiro atoms. The quantitative estimate of drug-likeness (QED) is 0.810. The highest BCUT2D eigenvalue weighted by Gasteiger charge is 2.17. The number of rotatable bonds is 3. The van der Waals surface area contributed by atoms with Gasteiger partial charge in [0, 0.05) is 26.4 Å². The number of ether oxygens (including phenoxy) is 1. The lowest BCUT2D eigenvalue weighted by Crippen LogP contribution is -2.16. The van der Waals surface area contributed by atoms with Crippen molar-refractivity contribution < 1.29 is 4.74 Å². The summed E-state index contributed by atoms with van der Waals surface area (Å²) in [5.41, 5.74) is 9.91. The maximum absolute atomic E-state index is 6.00. The highest BCUT2D eigenvalue weighted by atomic mass is 16.5. The Hall–Kier alpha value is -1.06. The van der Waals surface area contributed by atoms with Gasteiger partial charge in [0.1, 0.15) is 0 Å². The van der Waals surface area contributed by atoms with E-state index in [0.29, 0.717) is 6.61 Å². The maximum Gasteiger partial charge on any atom is 0.0655 e. The van der Waals surface area contributed by atoms with Crippen LogP contribution in [-0.4, -0.2) is 27.3 Å². The molecular formula is C12H18N2O. The molecule has 0 radical (unpaired) electrons. The first-order valence-electron chi connectivity index (χ1n) is 5.31. The number of anilines is 1. The van der Waals surface area contributed by atoms with Crippen LogP contribution in [0.4, 0.5) is 5.69 Å². The summed E-state index contributed by atoms with van der Waals surface area (Å²) in [6.45, 7) is 1.69. The van der Waals surface area contributed by atoms with Crippen LogP contribution in [0, 0.1) is 0 Å². The zero-order chi connectivity index (χ0) is 10.8. The monoisotopic (exact) mass is 206 g/mol. The van der Waals surface area contributed by atoms with Crippen LogP contribution in [0.3, 0.4) is 0 Å². The fourth-order valence-electron chi connectivity index (χ4n) is 2.09. The van der Waals surface area contributed by atoms with E-state index in [-0.39, 0.29) is 6.04 Å². The minimum Gasteiger partial charge on any atom is -0.383 e. The standard InChI is InChI=1S/C12H18N2O/c1-14-6-5-10-7-9(3-4-12(10)14)11(13)8-15-2/h3-4,7,11H,5-6,8,13H2,1-2H3. The Balaban J connectivity index is 2.23. The third-order valence-electron chi connectivity index (χ3n) is 3.01. The highest BCUT2D eigenvalue weighted by Crippen LogP contribution is 2.28. The Morgan fingerprint density at radius 2 is 2.33 bits per heavy atom. The summed E-state index contributed by atoms with van der Waals surface area (Å²) in [4.78, 5) is 2.28. The molecule has 1 aromatic rings. The van der Waals surface area contributed by atoms with Crippen molar-refractivity contribution in [2.45, 2.75) is 12.5 Å². The predicted octanol–water partition coefficient (Wildman–Crippen LogP) is 1.33. The molecule has 0 saturated carbocycles. The summed E-state index contributed by atoms with van der Waals surface area (Å²) in [5.74, 6) is 0. The van der Waals surface area contributed by atoms with Crippen LogP contribution in [0.15, 0.2) is 18.2 Å². The molecule has 3 nitrogen and oxygen atoms in total. The van der Waals surface area contributed by atoms with Crippen LogP contribution in [0.5, 0.6) is 0 Å². The van der Waals surface area contributed by atoms with Crippen LogP contribution in [-0.2, 0) is 11.2 Å². The summed E-state index contributed by atoms with van der Waals surface area (Å²) >= 11 is 0. The van der Waals surface area contributed by atoms with Gasteiger partial charge in [-0.25, -0.2) is 0 Å². The topological polar surface area (TPSA) is 38.5 Å². The normalized spacial score (nSPS) is 16.6. The number of benzene rings is 1. The van der Waals surface area contributed by atoms with E-state index < -0.39 is 0 Å². The first kappa shape index (κ1) is 10.5. The number of fused-ring (bicyclic) bond motifs is 1. The summed E-state index contributed by atoms with van der Waals surface area (Å²) in [6.07, 6.45) is 1.12. The van der Waals surface area contributed by atoms with Gasteiger partial charge >= 0.3 is 0 Å². The van der Waals surface area contributed by atoms with E-state index in [0.717, 1.165) is 13.0 Å². The number of methoxy groups -OCH3 is 1. The molecule has 1 aliphatic rings. The van der Waals surface area contributed by atoms with Crippen molar-refractivity contribution in [1.82, 2.24) is 0 Å². The zero-order valence-electron chi connectivity index (χ0n) is 9.36. The molecule has 0 bridgehead atoms. The van der Waals surface area contributed by atoms with Crippen LogP contribution in [0.25, 0.3) is 0 Å². The molecule has 0 fully saturated rings. The van der Waals surface area contributed by atoms with Crippen molar-refractivity contribution in [1.29, 1.82) is 0 Å². The Morgan fingerprint density at radius 1 is 1.53 bits per heavy atom. The molecule has 1 aliphatic heterocycles. The molecule has 0 aliphatic carbocycles. The van der Waals surface area contributed by atoms with Gasteiger partial charge in [0.25, 0.3) is 0 Å². The van der Waals surface area contributed by atoms with Crippen LogP contribution in [0.1, 0.15) is 17.2 Å². The number of hydrogen-bond donors (Lipinski definition) is 1. The smallest absolute Gasteiger partial charge is 0.0655 e. The predicted molar refractivity (Wildman–Crippen MR) is 62.2 cm³/mol. The molecule has 0 aromatic heterocycles. The first-order chi connectivity index (χ1) is 7.22. The van der Waals surface area contributed by atoms with Crippen LogP contribution in [0.2, 0.25) is 0 Å². The number of hydrogen-bond acceptors (Lipinski definition) is 3. The fraction of sp³-hybridized carbons (Fsp3) is 0.500. The SMILES string of the molecule is COCC(N)c1ccc2c(c1)CCN2C. The van der Waals surface area contributed by atoms with E-state index in [4.69, 9.17) is 10.5 Å². The van der Waals surface area contributed by atoms with E-state index in [1.54, 1.807) is 7.11 Å². The summed E-state index contributed by atoms with van der Waals surface area (Å²) in [7, 11) is 3.81. The summed E-state index contributed by atoms with van der Waals surface area (Å²) in [6, 6.07) is 6.46. The average molecular weight is 206 g/mol. The average Bonchev–Trinajstić information content (AvgIpc) is 2.60. The number of likely N-dealkylation sites (N-methyl/N-ethyl adjacent to an activating group) is 1. The largest absolute Gasteiger partial charge is 0.383 e. The number of nitrogens with zero attached hydrogens (tertiary/aromatic N) is 1.